The molecule has 13 nitrogen and oxygen atoms in total. The van der Waals surface area contributed by atoms with Crippen molar-refractivity contribution in [3.8, 4) is 22.6 Å². The van der Waals surface area contributed by atoms with Gasteiger partial charge in [-0.05, 0) is 63.9 Å². The molecule has 0 heterocycles. The highest BCUT2D eigenvalue weighted by molar-refractivity contribution is 7.82. The quantitative estimate of drug-likeness (QED) is 0.0475. The second-order valence-electron chi connectivity index (χ2n) is 13.6. The lowest BCUT2D eigenvalue weighted by molar-refractivity contribution is -0.384. The number of non-ortho nitro benzene ring substituents is 1. The Morgan fingerprint density at radius 2 is 1.47 bits per heavy atom. The number of nitro benzene ring substituents is 1. The van der Waals surface area contributed by atoms with E-state index in [-0.39, 0.29) is 80.0 Å². The largest absolute Gasteiger partial charge is 0.514 e. The van der Waals surface area contributed by atoms with Gasteiger partial charge >= 0.3 is 22.5 Å². The standard InChI is InChI=1S/C39H39NO12S/c1-39(2,3)25-50-53(46,47)52-36-20-15-26(23-49-38(43)51-30-18-16-28(17-19-30)40(44)45)21-27(36)22-29(41)9-8-14-37(42)48-24-35-33-12-6-4-10-31(33)32-11-5-7-13-34(32)35/h4-7,10-13,15-21,35H,8-9,14,22-25H2,1-3H3. The number of esters is 1. The van der Waals surface area contributed by atoms with E-state index in [2.05, 4.69) is 0 Å². The van der Waals surface area contributed by atoms with Crippen LogP contribution in [0.5, 0.6) is 11.5 Å². The van der Waals surface area contributed by atoms with Crippen LogP contribution in [-0.2, 0) is 46.7 Å². The van der Waals surface area contributed by atoms with Crippen LogP contribution in [0.3, 0.4) is 0 Å². The maximum absolute atomic E-state index is 13.1. The van der Waals surface area contributed by atoms with E-state index in [4.69, 9.17) is 22.6 Å². The molecule has 0 unspecified atom stereocenters. The molecule has 0 fully saturated rings. The maximum Gasteiger partial charge on any atom is 0.514 e. The lowest BCUT2D eigenvalue weighted by Crippen LogP contribution is -2.22. The van der Waals surface area contributed by atoms with E-state index in [1.807, 2.05) is 48.5 Å². The van der Waals surface area contributed by atoms with Gasteiger partial charge in [-0.3, -0.25) is 19.7 Å². The van der Waals surface area contributed by atoms with Crippen LogP contribution >= 0.6 is 0 Å². The molecule has 5 rings (SSSR count). The van der Waals surface area contributed by atoms with E-state index < -0.39 is 32.9 Å². The van der Waals surface area contributed by atoms with Crippen LogP contribution in [0.15, 0.2) is 91.0 Å². The zero-order valence-electron chi connectivity index (χ0n) is 29.4. The van der Waals surface area contributed by atoms with Gasteiger partial charge in [-0.25, -0.2) is 8.98 Å². The van der Waals surface area contributed by atoms with Crippen molar-refractivity contribution in [2.45, 2.75) is 59.0 Å². The molecule has 0 aliphatic heterocycles. The zero-order chi connectivity index (χ0) is 38.2. The number of hydrogen-bond donors (Lipinski definition) is 0. The molecule has 0 amide bonds. The third kappa shape index (κ3) is 10.9. The van der Waals surface area contributed by atoms with Gasteiger partial charge in [-0.15, -0.1) is 0 Å². The number of fused-ring (bicyclic) bond motifs is 3. The van der Waals surface area contributed by atoms with Crippen molar-refractivity contribution in [3.05, 3.63) is 123 Å². The lowest BCUT2D eigenvalue weighted by Gasteiger charge is -2.18. The number of carbonyl (C=O) groups is 3. The molecule has 4 aromatic carbocycles. The summed E-state index contributed by atoms with van der Waals surface area (Å²) in [4.78, 5) is 48.4. The molecular weight excluding hydrogens is 706 g/mol. The first-order valence-electron chi connectivity index (χ1n) is 16.8. The molecule has 1 aliphatic rings. The topological polar surface area (TPSA) is 175 Å². The van der Waals surface area contributed by atoms with Crippen molar-refractivity contribution in [1.29, 1.82) is 0 Å². The molecule has 53 heavy (non-hydrogen) atoms. The minimum Gasteiger partial charge on any atom is -0.465 e. The summed E-state index contributed by atoms with van der Waals surface area (Å²) in [6.45, 7) is 5.07. The number of rotatable bonds is 16. The fourth-order valence-electron chi connectivity index (χ4n) is 5.65. The SMILES string of the molecule is CC(C)(C)COS(=O)(=O)Oc1ccc(COC(=O)Oc2ccc([N+](=O)[O-])cc2)cc1CC(=O)CCCC(=O)OCC1c2ccccc2-c2ccccc21. The Morgan fingerprint density at radius 3 is 2.09 bits per heavy atom. The van der Waals surface area contributed by atoms with E-state index in [1.165, 1.54) is 42.5 Å². The molecule has 278 valence electrons. The smallest absolute Gasteiger partial charge is 0.465 e. The van der Waals surface area contributed by atoms with Crippen molar-refractivity contribution < 1.29 is 50.3 Å². The lowest BCUT2D eigenvalue weighted by atomic mass is 9.98. The summed E-state index contributed by atoms with van der Waals surface area (Å²) in [5.41, 5.74) is 4.32. The van der Waals surface area contributed by atoms with Crippen LogP contribution in [0.25, 0.3) is 11.1 Å². The summed E-state index contributed by atoms with van der Waals surface area (Å²) in [5.74, 6) is -0.957. The molecule has 0 atom stereocenters. The van der Waals surface area contributed by atoms with Crippen LogP contribution < -0.4 is 8.92 Å². The first-order valence-corrected chi connectivity index (χ1v) is 18.2. The van der Waals surface area contributed by atoms with Crippen LogP contribution in [0.2, 0.25) is 0 Å². The number of ketones is 1. The van der Waals surface area contributed by atoms with Crippen molar-refractivity contribution in [2.24, 2.45) is 5.41 Å². The van der Waals surface area contributed by atoms with Gasteiger partial charge < -0.3 is 18.4 Å². The highest BCUT2D eigenvalue weighted by Crippen LogP contribution is 2.44. The molecule has 0 radical (unpaired) electrons. The normalized spacial score (nSPS) is 12.4. The Morgan fingerprint density at radius 1 is 0.830 bits per heavy atom. The summed E-state index contributed by atoms with van der Waals surface area (Å²) < 4.78 is 51.4. The Balaban J connectivity index is 1.18. The predicted octanol–water partition coefficient (Wildman–Crippen LogP) is 7.63. The van der Waals surface area contributed by atoms with Gasteiger partial charge in [-0.2, -0.15) is 8.42 Å². The van der Waals surface area contributed by atoms with E-state index >= 15 is 0 Å². The third-order valence-corrected chi connectivity index (χ3v) is 8.95. The monoisotopic (exact) mass is 745 g/mol. The molecular formula is C39H39NO12S. The number of carbonyl (C=O) groups excluding carboxylic acids is 3. The van der Waals surface area contributed by atoms with E-state index in [1.54, 1.807) is 20.8 Å². The Kier molecular flexibility index (Phi) is 12.3. The second-order valence-corrected chi connectivity index (χ2v) is 14.8. The van der Waals surface area contributed by atoms with Crippen molar-refractivity contribution >= 4 is 34.0 Å². The van der Waals surface area contributed by atoms with Crippen LogP contribution in [0.1, 0.15) is 68.2 Å². The predicted molar refractivity (Wildman–Crippen MR) is 193 cm³/mol. The summed E-state index contributed by atoms with van der Waals surface area (Å²) >= 11 is 0. The Hall–Kier alpha value is -5.60. The molecule has 0 saturated carbocycles. The number of benzene rings is 4. The summed E-state index contributed by atoms with van der Waals surface area (Å²) in [6, 6.07) is 25.1. The average molecular weight is 746 g/mol. The zero-order valence-corrected chi connectivity index (χ0v) is 30.3. The maximum atomic E-state index is 13.1. The van der Waals surface area contributed by atoms with Gasteiger partial charge in [0.05, 0.1) is 11.5 Å². The van der Waals surface area contributed by atoms with Gasteiger partial charge in [0.1, 0.15) is 30.5 Å². The molecule has 0 spiro atoms. The number of nitrogens with zero attached hydrogens (tertiary/aromatic N) is 1. The molecule has 0 N–H and O–H groups in total. The fraction of sp³-hybridized carbons (Fsp3) is 0.308. The van der Waals surface area contributed by atoms with E-state index in [9.17, 15) is 32.9 Å². The molecule has 0 aromatic heterocycles. The number of hydrogen-bond acceptors (Lipinski definition) is 12. The summed E-state index contributed by atoms with van der Waals surface area (Å²) in [6.07, 6.45) is -1.14. The van der Waals surface area contributed by atoms with E-state index in [0.29, 0.717) is 5.56 Å². The molecule has 14 heteroatoms. The average Bonchev–Trinajstić information content (AvgIpc) is 3.43. The Labute approximate surface area is 307 Å². The van der Waals surface area contributed by atoms with Gasteiger partial charge in [0.15, 0.2) is 0 Å². The minimum absolute atomic E-state index is 0.000793. The highest BCUT2D eigenvalue weighted by Gasteiger charge is 2.29. The van der Waals surface area contributed by atoms with Crippen LogP contribution in [-0.4, -0.2) is 44.5 Å². The molecule has 1 aliphatic carbocycles. The minimum atomic E-state index is -4.51. The third-order valence-electron chi connectivity index (χ3n) is 8.16. The first kappa shape index (κ1) is 38.6. The number of nitro groups is 1. The van der Waals surface area contributed by atoms with Crippen LogP contribution in [0, 0.1) is 15.5 Å². The number of ether oxygens (including phenoxy) is 3. The number of Topliss-reactive ketones (excluding diaryl/α,β-unsaturated/α-hetero) is 1. The fourth-order valence-corrected chi connectivity index (χ4v) is 6.58. The van der Waals surface area contributed by atoms with Gasteiger partial charge in [0.2, 0.25) is 0 Å². The molecule has 0 bridgehead atoms. The highest BCUT2D eigenvalue weighted by atomic mass is 32.3. The molecule has 0 saturated heterocycles. The van der Waals surface area contributed by atoms with E-state index in [0.717, 1.165) is 22.3 Å². The molecule has 4 aromatic rings. The van der Waals surface area contributed by atoms with Crippen molar-refractivity contribution in [2.75, 3.05) is 13.2 Å². The van der Waals surface area contributed by atoms with Crippen molar-refractivity contribution in [1.82, 2.24) is 0 Å². The second kappa shape index (κ2) is 16.8. The summed E-state index contributed by atoms with van der Waals surface area (Å²) in [7, 11) is -4.51. The first-order chi connectivity index (χ1) is 25.2. The van der Waals surface area contributed by atoms with Crippen molar-refractivity contribution in [3.63, 3.8) is 0 Å². The summed E-state index contributed by atoms with van der Waals surface area (Å²) in [5, 5.41) is 10.9. The van der Waals surface area contributed by atoms with Gasteiger partial charge in [0, 0.05) is 42.9 Å². The van der Waals surface area contributed by atoms with Crippen LogP contribution in [0.4, 0.5) is 10.5 Å². The Bertz CT molecular complexity index is 2040. The van der Waals surface area contributed by atoms with Gasteiger partial charge in [-0.1, -0.05) is 75.4 Å². The van der Waals surface area contributed by atoms with Gasteiger partial charge in [0.25, 0.3) is 5.69 Å².